The lowest BCUT2D eigenvalue weighted by Gasteiger charge is -2.06. The molecule has 0 aliphatic rings. The van der Waals surface area contributed by atoms with E-state index in [0.717, 1.165) is 5.56 Å². The second kappa shape index (κ2) is 7.60. The summed E-state index contributed by atoms with van der Waals surface area (Å²) in [6.07, 6.45) is 1.69. The first-order chi connectivity index (χ1) is 13.7. The van der Waals surface area contributed by atoms with Crippen molar-refractivity contribution in [3.05, 3.63) is 106 Å². The van der Waals surface area contributed by atoms with Gasteiger partial charge in [0.1, 0.15) is 11.4 Å². The second-order valence-corrected chi connectivity index (χ2v) is 6.10. The molecule has 0 unspecified atom stereocenters. The van der Waals surface area contributed by atoms with Crippen LogP contribution in [0, 0.1) is 11.8 Å². The molecule has 2 heterocycles. The topological polar surface area (TPSA) is 74.8 Å². The van der Waals surface area contributed by atoms with Crippen LogP contribution in [0.4, 0.5) is 5.69 Å². The van der Waals surface area contributed by atoms with Crippen molar-refractivity contribution in [1.82, 2.24) is 9.97 Å². The van der Waals surface area contributed by atoms with Crippen LogP contribution in [0.1, 0.15) is 21.7 Å². The van der Waals surface area contributed by atoms with Crippen molar-refractivity contribution in [2.24, 2.45) is 0 Å². The lowest BCUT2D eigenvalue weighted by Crippen LogP contribution is -2.18. The summed E-state index contributed by atoms with van der Waals surface area (Å²) in [6.45, 7) is 0. The summed E-state index contributed by atoms with van der Waals surface area (Å²) in [6, 6.07) is 21.5. The van der Waals surface area contributed by atoms with Gasteiger partial charge in [-0.25, -0.2) is 4.98 Å². The Labute approximate surface area is 161 Å². The van der Waals surface area contributed by atoms with Gasteiger partial charge in [0, 0.05) is 22.8 Å². The van der Waals surface area contributed by atoms with Crippen LogP contribution in [0.3, 0.4) is 0 Å². The molecule has 5 nitrogen and oxygen atoms in total. The van der Waals surface area contributed by atoms with Crippen molar-refractivity contribution < 1.29 is 4.79 Å². The van der Waals surface area contributed by atoms with Crippen LogP contribution in [-0.4, -0.2) is 15.9 Å². The molecular formula is C23H15N3O2. The molecule has 0 saturated carbocycles. The molecule has 134 valence electrons. The lowest BCUT2D eigenvalue weighted by molar-refractivity contribution is 0.102. The zero-order valence-corrected chi connectivity index (χ0v) is 14.8. The Morgan fingerprint density at radius 3 is 2.64 bits per heavy atom. The number of pyridine rings is 2. The van der Waals surface area contributed by atoms with Crippen molar-refractivity contribution in [2.75, 3.05) is 5.32 Å². The van der Waals surface area contributed by atoms with Gasteiger partial charge in [0.2, 0.25) is 0 Å². The molecule has 2 N–H and O–H groups in total. The van der Waals surface area contributed by atoms with Gasteiger partial charge in [0.25, 0.3) is 11.5 Å². The van der Waals surface area contributed by atoms with E-state index in [-0.39, 0.29) is 11.3 Å². The van der Waals surface area contributed by atoms with E-state index in [0.29, 0.717) is 22.2 Å². The number of benzene rings is 2. The molecule has 0 radical (unpaired) electrons. The largest absolute Gasteiger partial charge is 0.321 e. The number of nitrogens with zero attached hydrogens (tertiary/aromatic N) is 1. The molecule has 2 aromatic heterocycles. The summed E-state index contributed by atoms with van der Waals surface area (Å²) in [5.41, 5.74) is 1.92. The SMILES string of the molecule is O=C(Nc1cccc(C#Cc2ccccn2)c1)c1cc2ccccc2c(=O)[nH]1. The molecule has 2 aromatic carbocycles. The number of carbonyl (C=O) groups is 1. The molecule has 4 aromatic rings. The summed E-state index contributed by atoms with van der Waals surface area (Å²) < 4.78 is 0. The highest BCUT2D eigenvalue weighted by Crippen LogP contribution is 2.13. The first-order valence-electron chi connectivity index (χ1n) is 8.65. The zero-order chi connectivity index (χ0) is 19.3. The Kier molecular flexibility index (Phi) is 4.68. The minimum Gasteiger partial charge on any atom is -0.321 e. The molecule has 0 bridgehead atoms. The summed E-state index contributed by atoms with van der Waals surface area (Å²) in [7, 11) is 0. The van der Waals surface area contributed by atoms with Gasteiger partial charge < -0.3 is 10.3 Å². The zero-order valence-electron chi connectivity index (χ0n) is 14.8. The van der Waals surface area contributed by atoms with E-state index in [9.17, 15) is 9.59 Å². The third-order valence-corrected chi connectivity index (χ3v) is 4.12. The van der Waals surface area contributed by atoms with Crippen molar-refractivity contribution in [3.8, 4) is 11.8 Å². The number of aromatic amines is 1. The Hall–Kier alpha value is -4.17. The number of nitrogens with one attached hydrogen (secondary N) is 2. The molecule has 0 atom stereocenters. The van der Waals surface area contributed by atoms with Gasteiger partial charge in [-0.1, -0.05) is 36.3 Å². The van der Waals surface area contributed by atoms with E-state index in [4.69, 9.17) is 0 Å². The molecule has 0 aliphatic carbocycles. The van der Waals surface area contributed by atoms with Crippen molar-refractivity contribution in [2.45, 2.75) is 0 Å². The van der Waals surface area contributed by atoms with Gasteiger partial charge in [0.05, 0.1) is 0 Å². The molecule has 0 spiro atoms. The van der Waals surface area contributed by atoms with Crippen LogP contribution in [0.15, 0.2) is 83.8 Å². The van der Waals surface area contributed by atoms with E-state index in [1.807, 2.05) is 30.3 Å². The Balaban J connectivity index is 1.57. The standard InChI is InChI=1S/C23H15N3O2/c27-22-20-10-2-1-7-17(20)15-21(26-22)23(28)25-19-9-5-6-16(14-19)11-12-18-8-3-4-13-24-18/h1-10,13-15H,(H,25,28)(H,26,27). The number of rotatable bonds is 2. The van der Waals surface area contributed by atoms with Crippen LogP contribution in [-0.2, 0) is 0 Å². The van der Waals surface area contributed by atoms with Gasteiger partial charge >= 0.3 is 0 Å². The van der Waals surface area contributed by atoms with Crippen molar-refractivity contribution in [3.63, 3.8) is 0 Å². The van der Waals surface area contributed by atoms with E-state index >= 15 is 0 Å². The van der Waals surface area contributed by atoms with E-state index in [2.05, 4.69) is 27.1 Å². The van der Waals surface area contributed by atoms with Gasteiger partial charge in [-0.15, -0.1) is 0 Å². The monoisotopic (exact) mass is 365 g/mol. The highest BCUT2D eigenvalue weighted by Gasteiger charge is 2.10. The third-order valence-electron chi connectivity index (χ3n) is 4.12. The molecule has 0 fully saturated rings. The van der Waals surface area contributed by atoms with Crippen LogP contribution >= 0.6 is 0 Å². The number of H-pyrrole nitrogens is 1. The Bertz CT molecular complexity index is 1280. The van der Waals surface area contributed by atoms with Crippen LogP contribution < -0.4 is 10.9 Å². The van der Waals surface area contributed by atoms with Crippen molar-refractivity contribution in [1.29, 1.82) is 0 Å². The fraction of sp³-hybridized carbons (Fsp3) is 0. The van der Waals surface area contributed by atoms with Crippen LogP contribution in [0.25, 0.3) is 10.8 Å². The minimum absolute atomic E-state index is 0.202. The quantitative estimate of drug-likeness (QED) is 0.533. The summed E-state index contributed by atoms with van der Waals surface area (Å²) in [5.74, 6) is 5.61. The number of aromatic nitrogens is 2. The summed E-state index contributed by atoms with van der Waals surface area (Å²) >= 11 is 0. The van der Waals surface area contributed by atoms with E-state index in [1.54, 1.807) is 48.7 Å². The minimum atomic E-state index is -0.391. The number of hydrogen-bond donors (Lipinski definition) is 2. The van der Waals surface area contributed by atoms with Crippen LogP contribution in [0.2, 0.25) is 0 Å². The summed E-state index contributed by atoms with van der Waals surface area (Å²) in [4.78, 5) is 31.5. The van der Waals surface area contributed by atoms with Gasteiger partial charge in [0.15, 0.2) is 0 Å². The van der Waals surface area contributed by atoms with E-state index < -0.39 is 5.91 Å². The maximum absolute atomic E-state index is 12.6. The maximum Gasteiger partial charge on any atom is 0.272 e. The Morgan fingerprint density at radius 1 is 0.929 bits per heavy atom. The second-order valence-electron chi connectivity index (χ2n) is 6.10. The smallest absolute Gasteiger partial charge is 0.272 e. The predicted molar refractivity (Wildman–Crippen MR) is 109 cm³/mol. The lowest BCUT2D eigenvalue weighted by atomic mass is 10.1. The average Bonchev–Trinajstić information content (AvgIpc) is 2.73. The third kappa shape index (κ3) is 3.81. The highest BCUT2D eigenvalue weighted by molar-refractivity contribution is 6.04. The Morgan fingerprint density at radius 2 is 1.79 bits per heavy atom. The highest BCUT2D eigenvalue weighted by atomic mass is 16.2. The fourth-order valence-corrected chi connectivity index (χ4v) is 2.78. The summed E-state index contributed by atoms with van der Waals surface area (Å²) in [5, 5.41) is 4.06. The molecule has 0 aliphatic heterocycles. The fourth-order valence-electron chi connectivity index (χ4n) is 2.78. The molecule has 1 amide bonds. The van der Waals surface area contributed by atoms with Gasteiger partial charge in [-0.3, -0.25) is 9.59 Å². The molecule has 5 heteroatoms. The normalized spacial score (nSPS) is 10.1. The number of anilines is 1. The first kappa shape index (κ1) is 17.3. The van der Waals surface area contributed by atoms with Crippen molar-refractivity contribution >= 4 is 22.4 Å². The number of fused-ring (bicyclic) bond motifs is 1. The number of hydrogen-bond acceptors (Lipinski definition) is 3. The van der Waals surface area contributed by atoms with Crippen LogP contribution in [0.5, 0.6) is 0 Å². The maximum atomic E-state index is 12.6. The van der Waals surface area contributed by atoms with Gasteiger partial charge in [-0.05, 0) is 53.8 Å². The number of amides is 1. The molecule has 28 heavy (non-hydrogen) atoms. The average molecular weight is 365 g/mol. The molecule has 4 rings (SSSR count). The van der Waals surface area contributed by atoms with E-state index in [1.165, 1.54) is 0 Å². The van der Waals surface area contributed by atoms with Gasteiger partial charge in [-0.2, -0.15) is 0 Å². The number of carbonyl (C=O) groups excluding carboxylic acids is 1. The molecular weight excluding hydrogens is 350 g/mol. The first-order valence-corrected chi connectivity index (χ1v) is 8.65. The predicted octanol–water partition coefficient (Wildman–Crippen LogP) is 3.58. The molecule has 0 saturated heterocycles.